The lowest BCUT2D eigenvalue weighted by Gasteiger charge is -2.35. The Balaban J connectivity index is 1.49. The van der Waals surface area contributed by atoms with Gasteiger partial charge in [0, 0.05) is 40.5 Å². The predicted molar refractivity (Wildman–Crippen MR) is 135 cm³/mol. The molecule has 1 saturated carbocycles. The number of allylic oxidation sites excluding steroid dienone is 6. The fourth-order valence-corrected chi connectivity index (χ4v) is 5.48. The monoisotopic (exact) mass is 476 g/mol. The Morgan fingerprint density at radius 3 is 2.57 bits per heavy atom. The van der Waals surface area contributed by atoms with Crippen LogP contribution < -0.4 is 0 Å². The molecule has 3 heterocycles. The van der Waals surface area contributed by atoms with Gasteiger partial charge in [-0.25, -0.2) is 0 Å². The average molecular weight is 477 g/mol. The van der Waals surface area contributed by atoms with E-state index in [4.69, 9.17) is 0 Å². The van der Waals surface area contributed by atoms with Crippen molar-refractivity contribution in [2.75, 3.05) is 0 Å². The molecule has 0 unspecified atom stereocenters. The summed E-state index contributed by atoms with van der Waals surface area (Å²) in [5.41, 5.74) is 6.03. The molecule has 2 aliphatic heterocycles. The summed E-state index contributed by atoms with van der Waals surface area (Å²) in [5, 5.41) is 0. The van der Waals surface area contributed by atoms with Crippen molar-refractivity contribution in [2.24, 2.45) is 5.92 Å². The Morgan fingerprint density at radius 1 is 1.00 bits per heavy atom. The lowest BCUT2D eigenvalue weighted by molar-refractivity contribution is -0.137. The maximum Gasteiger partial charge on any atom is 0.416 e. The highest BCUT2D eigenvalue weighted by Crippen LogP contribution is 2.40. The molecule has 5 rings (SSSR count). The van der Waals surface area contributed by atoms with Gasteiger partial charge in [0.05, 0.1) is 11.3 Å². The van der Waals surface area contributed by atoms with Crippen LogP contribution in [0.5, 0.6) is 0 Å². The van der Waals surface area contributed by atoms with Crippen molar-refractivity contribution < 1.29 is 13.2 Å². The molecular formula is C30H31F3N2. The van der Waals surface area contributed by atoms with Crippen LogP contribution in [0.15, 0.2) is 84.0 Å². The standard InChI is InChI=1S/C30H31F3N2/c1-21-13-15-26(18-22-8-4-2-3-5-9-22)35-20-24(14-16-28(21)35)27-12-7-17-34-29(27)23-10-6-11-25(19-23)30(31,32)33/h6-7,10-12,14-17,19-20,22H,2-5,8-9,13,18H2,1H3. The van der Waals surface area contributed by atoms with E-state index in [9.17, 15) is 13.2 Å². The first-order chi connectivity index (χ1) is 16.9. The van der Waals surface area contributed by atoms with Gasteiger partial charge in [0.15, 0.2) is 0 Å². The average Bonchev–Trinajstić information content (AvgIpc) is 3.14. The molecule has 1 aromatic carbocycles. The number of benzene rings is 1. The van der Waals surface area contributed by atoms with Crippen LogP contribution in [-0.2, 0) is 6.18 Å². The summed E-state index contributed by atoms with van der Waals surface area (Å²) >= 11 is 0. The third-order valence-corrected chi connectivity index (χ3v) is 7.39. The van der Waals surface area contributed by atoms with Gasteiger partial charge < -0.3 is 4.90 Å². The first-order valence-electron chi connectivity index (χ1n) is 12.6. The highest BCUT2D eigenvalue weighted by Gasteiger charge is 2.31. The molecule has 1 fully saturated rings. The minimum Gasteiger partial charge on any atom is -0.321 e. The second kappa shape index (κ2) is 9.88. The van der Waals surface area contributed by atoms with Crippen molar-refractivity contribution in [3.05, 3.63) is 95.1 Å². The van der Waals surface area contributed by atoms with Gasteiger partial charge in [-0.15, -0.1) is 0 Å². The third-order valence-electron chi connectivity index (χ3n) is 7.39. The first kappa shape index (κ1) is 23.7. The molecule has 3 aliphatic rings. The van der Waals surface area contributed by atoms with Crippen molar-refractivity contribution in [2.45, 2.75) is 64.5 Å². The minimum absolute atomic E-state index is 0.468. The van der Waals surface area contributed by atoms with E-state index in [0.717, 1.165) is 30.0 Å². The Labute approximate surface area is 205 Å². The smallest absolute Gasteiger partial charge is 0.321 e. The van der Waals surface area contributed by atoms with E-state index in [1.54, 1.807) is 12.3 Å². The normalized spacial score (nSPS) is 19.3. The molecule has 0 radical (unpaired) electrons. The van der Waals surface area contributed by atoms with E-state index < -0.39 is 11.7 Å². The van der Waals surface area contributed by atoms with E-state index in [1.807, 2.05) is 12.1 Å². The van der Waals surface area contributed by atoms with Crippen LogP contribution in [0, 0.1) is 5.92 Å². The minimum atomic E-state index is -4.39. The molecule has 0 spiro atoms. The lowest BCUT2D eigenvalue weighted by atomic mass is 9.90. The van der Waals surface area contributed by atoms with Crippen LogP contribution in [-0.4, -0.2) is 9.88 Å². The zero-order valence-corrected chi connectivity index (χ0v) is 20.1. The molecule has 35 heavy (non-hydrogen) atoms. The number of rotatable bonds is 4. The first-order valence-corrected chi connectivity index (χ1v) is 12.6. The van der Waals surface area contributed by atoms with Gasteiger partial charge in [-0.1, -0.05) is 68.9 Å². The maximum atomic E-state index is 13.4. The van der Waals surface area contributed by atoms with Gasteiger partial charge in [0.25, 0.3) is 0 Å². The number of aromatic nitrogens is 1. The van der Waals surface area contributed by atoms with E-state index in [1.165, 1.54) is 67.6 Å². The van der Waals surface area contributed by atoms with Gasteiger partial charge in [-0.05, 0) is 55.5 Å². The van der Waals surface area contributed by atoms with Gasteiger partial charge in [0.2, 0.25) is 0 Å². The number of hydrogen-bond donors (Lipinski definition) is 0. The number of fused-ring (bicyclic) bond motifs is 1. The molecule has 0 bridgehead atoms. The van der Waals surface area contributed by atoms with Crippen molar-refractivity contribution >= 4 is 5.57 Å². The van der Waals surface area contributed by atoms with Crippen molar-refractivity contribution in [1.29, 1.82) is 0 Å². The Kier molecular flexibility index (Phi) is 6.68. The zero-order chi connectivity index (χ0) is 24.4. The molecule has 0 N–H and O–H groups in total. The fourth-order valence-electron chi connectivity index (χ4n) is 5.48. The Morgan fingerprint density at radius 2 is 1.80 bits per heavy atom. The molecule has 1 aliphatic carbocycles. The van der Waals surface area contributed by atoms with Crippen molar-refractivity contribution in [1.82, 2.24) is 9.88 Å². The second-order valence-electron chi connectivity index (χ2n) is 9.89. The summed E-state index contributed by atoms with van der Waals surface area (Å²) < 4.78 is 40.1. The third kappa shape index (κ3) is 5.14. The molecule has 0 saturated heterocycles. The van der Waals surface area contributed by atoms with Gasteiger partial charge in [-0.2, -0.15) is 13.2 Å². The van der Waals surface area contributed by atoms with Crippen molar-refractivity contribution in [3.63, 3.8) is 0 Å². The molecule has 1 aromatic heterocycles. The summed E-state index contributed by atoms with van der Waals surface area (Å²) in [6.07, 6.45) is 15.9. The Bertz CT molecular complexity index is 1210. The SMILES string of the molecule is CC1=C2C=CC(c3cccnc3-c3cccc(C(F)(F)F)c3)=CN2C(CC2CCCCCC2)=CC1. The van der Waals surface area contributed by atoms with E-state index in [0.29, 0.717) is 17.2 Å². The van der Waals surface area contributed by atoms with Crippen LogP contribution >= 0.6 is 0 Å². The zero-order valence-electron chi connectivity index (χ0n) is 20.1. The number of pyridine rings is 1. The Hall–Kier alpha value is -3.08. The van der Waals surface area contributed by atoms with Crippen LogP contribution in [0.25, 0.3) is 16.8 Å². The summed E-state index contributed by atoms with van der Waals surface area (Å²) in [5.74, 6) is 0.713. The van der Waals surface area contributed by atoms with E-state index in [2.05, 4.69) is 41.2 Å². The molecule has 2 nitrogen and oxygen atoms in total. The molecule has 182 valence electrons. The molecular weight excluding hydrogens is 445 g/mol. The topological polar surface area (TPSA) is 16.1 Å². The molecule has 2 aromatic rings. The van der Waals surface area contributed by atoms with Gasteiger partial charge in [-0.3, -0.25) is 4.98 Å². The number of alkyl halides is 3. The van der Waals surface area contributed by atoms with Crippen molar-refractivity contribution in [3.8, 4) is 11.3 Å². The highest BCUT2D eigenvalue weighted by molar-refractivity contribution is 5.85. The van der Waals surface area contributed by atoms with E-state index in [-0.39, 0.29) is 0 Å². The fraction of sp³-hybridized carbons (Fsp3) is 0.367. The van der Waals surface area contributed by atoms with Crippen LogP contribution in [0.4, 0.5) is 13.2 Å². The maximum absolute atomic E-state index is 13.4. The highest BCUT2D eigenvalue weighted by atomic mass is 19.4. The number of hydrogen-bond acceptors (Lipinski definition) is 2. The van der Waals surface area contributed by atoms with Gasteiger partial charge in [0.1, 0.15) is 0 Å². The quantitative estimate of drug-likeness (QED) is 0.410. The molecule has 0 atom stereocenters. The van der Waals surface area contributed by atoms with E-state index >= 15 is 0 Å². The summed E-state index contributed by atoms with van der Waals surface area (Å²) in [7, 11) is 0. The summed E-state index contributed by atoms with van der Waals surface area (Å²) in [6.45, 7) is 2.17. The molecule has 5 heteroatoms. The molecule has 0 amide bonds. The summed E-state index contributed by atoms with van der Waals surface area (Å²) in [6, 6.07) is 9.22. The van der Waals surface area contributed by atoms with Crippen LogP contribution in [0.1, 0.15) is 69.4 Å². The van der Waals surface area contributed by atoms with Crippen LogP contribution in [0.3, 0.4) is 0 Å². The number of nitrogens with zero attached hydrogens (tertiary/aromatic N) is 2. The second-order valence-corrected chi connectivity index (χ2v) is 9.89. The summed E-state index contributed by atoms with van der Waals surface area (Å²) in [4.78, 5) is 6.81. The number of halogens is 3. The predicted octanol–water partition coefficient (Wildman–Crippen LogP) is 8.90. The van der Waals surface area contributed by atoms with Gasteiger partial charge >= 0.3 is 6.18 Å². The lowest BCUT2D eigenvalue weighted by Crippen LogP contribution is -2.23. The largest absolute Gasteiger partial charge is 0.416 e. The van der Waals surface area contributed by atoms with Crippen LogP contribution in [0.2, 0.25) is 0 Å².